The van der Waals surface area contributed by atoms with Crippen LogP contribution in [0.2, 0.25) is 0 Å². The van der Waals surface area contributed by atoms with Gasteiger partial charge in [0.1, 0.15) is 5.54 Å². The Balaban J connectivity index is 1.51. The number of hydrogen-bond acceptors (Lipinski definition) is 6. The minimum atomic E-state index is -0.987. The summed E-state index contributed by atoms with van der Waals surface area (Å²) in [5.74, 6) is 0.238. The van der Waals surface area contributed by atoms with E-state index in [1.54, 1.807) is 31.0 Å². The molecular formula is C19H18N4O3S2. The van der Waals surface area contributed by atoms with Crippen molar-refractivity contribution >= 4 is 51.2 Å². The first-order valence-electron chi connectivity index (χ1n) is 8.65. The zero-order chi connectivity index (χ0) is 19.9. The summed E-state index contributed by atoms with van der Waals surface area (Å²) in [7, 11) is 0. The molecule has 2 amide bonds. The Morgan fingerprint density at radius 2 is 2.07 bits per heavy atom. The Kier molecular flexibility index (Phi) is 4.72. The van der Waals surface area contributed by atoms with Crippen molar-refractivity contribution in [3.63, 3.8) is 0 Å². The van der Waals surface area contributed by atoms with Gasteiger partial charge in [-0.2, -0.15) is 0 Å². The van der Waals surface area contributed by atoms with Gasteiger partial charge < -0.3 is 5.32 Å². The van der Waals surface area contributed by atoms with Crippen molar-refractivity contribution < 1.29 is 9.59 Å². The lowest BCUT2D eigenvalue weighted by Gasteiger charge is -2.42. The SMILES string of the molecule is CC1(C)C(=O)Nc2ccccc2N1C(=O)CSCc1cc(=O)n2ccsc2n1. The van der Waals surface area contributed by atoms with Crippen molar-refractivity contribution in [2.75, 3.05) is 16.0 Å². The highest BCUT2D eigenvalue weighted by Gasteiger charge is 2.43. The molecular weight excluding hydrogens is 396 g/mol. The van der Waals surface area contributed by atoms with E-state index >= 15 is 0 Å². The summed E-state index contributed by atoms with van der Waals surface area (Å²) < 4.78 is 1.50. The maximum Gasteiger partial charge on any atom is 0.258 e. The summed E-state index contributed by atoms with van der Waals surface area (Å²) in [6.45, 7) is 3.46. The van der Waals surface area contributed by atoms with Gasteiger partial charge in [0.25, 0.3) is 5.56 Å². The number of nitrogens with one attached hydrogen (secondary N) is 1. The van der Waals surface area contributed by atoms with Gasteiger partial charge in [-0.15, -0.1) is 23.1 Å². The van der Waals surface area contributed by atoms with Crippen LogP contribution >= 0.6 is 23.1 Å². The fourth-order valence-corrected chi connectivity index (χ4v) is 4.67. The number of rotatable bonds is 4. The lowest BCUT2D eigenvalue weighted by atomic mass is 9.96. The molecule has 1 aromatic carbocycles. The number of thiazole rings is 1. The molecule has 1 N–H and O–H groups in total. The number of anilines is 2. The average Bonchev–Trinajstić information content (AvgIpc) is 3.11. The molecule has 1 aliphatic heterocycles. The highest BCUT2D eigenvalue weighted by atomic mass is 32.2. The van der Waals surface area contributed by atoms with Gasteiger partial charge in [-0.25, -0.2) is 4.98 Å². The van der Waals surface area contributed by atoms with Crippen LogP contribution in [0.25, 0.3) is 4.96 Å². The second-order valence-electron chi connectivity index (χ2n) is 6.89. The van der Waals surface area contributed by atoms with Gasteiger partial charge in [0.15, 0.2) is 4.96 Å². The molecule has 0 spiro atoms. The molecule has 3 heterocycles. The molecule has 0 unspecified atom stereocenters. The van der Waals surface area contributed by atoms with E-state index in [4.69, 9.17) is 0 Å². The number of amides is 2. The topological polar surface area (TPSA) is 83.8 Å². The van der Waals surface area contributed by atoms with Gasteiger partial charge in [0.05, 0.1) is 22.8 Å². The fraction of sp³-hybridized carbons (Fsp3) is 0.263. The normalized spacial score (nSPS) is 15.4. The molecule has 0 fully saturated rings. The second kappa shape index (κ2) is 7.06. The Morgan fingerprint density at radius 3 is 2.89 bits per heavy atom. The number of carbonyl (C=O) groups is 2. The van der Waals surface area contributed by atoms with Crippen molar-refractivity contribution in [3.05, 3.63) is 58.0 Å². The molecule has 0 saturated heterocycles. The number of para-hydroxylation sites is 2. The Morgan fingerprint density at radius 1 is 1.29 bits per heavy atom. The third-order valence-electron chi connectivity index (χ3n) is 4.59. The average molecular weight is 415 g/mol. The molecule has 0 atom stereocenters. The maximum absolute atomic E-state index is 13.0. The Bertz CT molecular complexity index is 1140. The monoisotopic (exact) mass is 414 g/mol. The number of carbonyl (C=O) groups excluding carboxylic acids is 2. The number of thioether (sulfide) groups is 1. The molecule has 7 nitrogen and oxygen atoms in total. The van der Waals surface area contributed by atoms with Crippen molar-refractivity contribution in [1.29, 1.82) is 0 Å². The van der Waals surface area contributed by atoms with E-state index in [9.17, 15) is 14.4 Å². The van der Waals surface area contributed by atoms with Crippen molar-refractivity contribution in [2.45, 2.75) is 25.1 Å². The van der Waals surface area contributed by atoms with Crippen LogP contribution in [0.5, 0.6) is 0 Å². The second-order valence-corrected chi connectivity index (χ2v) is 8.75. The van der Waals surface area contributed by atoms with E-state index in [1.165, 1.54) is 33.6 Å². The number of hydrogen-bond donors (Lipinski definition) is 1. The van der Waals surface area contributed by atoms with Crippen LogP contribution in [0, 0.1) is 0 Å². The van der Waals surface area contributed by atoms with Crippen LogP contribution in [0.4, 0.5) is 11.4 Å². The summed E-state index contributed by atoms with van der Waals surface area (Å²) >= 11 is 2.77. The molecule has 1 aliphatic rings. The largest absolute Gasteiger partial charge is 0.322 e. The molecule has 0 aliphatic carbocycles. The van der Waals surface area contributed by atoms with Gasteiger partial charge in [0.2, 0.25) is 11.8 Å². The lowest BCUT2D eigenvalue weighted by molar-refractivity contribution is -0.125. The molecule has 28 heavy (non-hydrogen) atoms. The first-order valence-corrected chi connectivity index (χ1v) is 10.7. The summed E-state index contributed by atoms with van der Waals surface area (Å²) in [5, 5.41) is 4.66. The highest BCUT2D eigenvalue weighted by molar-refractivity contribution is 7.99. The fourth-order valence-electron chi connectivity index (χ4n) is 3.17. The van der Waals surface area contributed by atoms with Crippen molar-refractivity contribution in [1.82, 2.24) is 9.38 Å². The summed E-state index contributed by atoms with van der Waals surface area (Å²) in [4.78, 5) is 44.2. The zero-order valence-corrected chi connectivity index (χ0v) is 17.0. The van der Waals surface area contributed by atoms with Crippen molar-refractivity contribution in [2.24, 2.45) is 0 Å². The van der Waals surface area contributed by atoms with Crippen LogP contribution in [0.15, 0.2) is 46.7 Å². The van der Waals surface area contributed by atoms with Gasteiger partial charge in [-0.05, 0) is 26.0 Å². The summed E-state index contributed by atoms with van der Waals surface area (Å²) in [5.41, 5.74) is 0.841. The first-order chi connectivity index (χ1) is 13.4. The van der Waals surface area contributed by atoms with Crippen LogP contribution in [0.1, 0.15) is 19.5 Å². The minimum Gasteiger partial charge on any atom is -0.322 e. The lowest BCUT2D eigenvalue weighted by Crippen LogP contribution is -2.59. The number of aromatic nitrogens is 2. The van der Waals surface area contributed by atoms with Crippen LogP contribution < -0.4 is 15.8 Å². The number of fused-ring (bicyclic) bond motifs is 2. The summed E-state index contributed by atoms with van der Waals surface area (Å²) in [6.07, 6.45) is 1.69. The standard InChI is InChI=1S/C19H18N4O3S2/c1-19(2)17(26)21-13-5-3-4-6-14(13)23(19)16(25)11-27-10-12-9-15(24)22-7-8-28-18(22)20-12/h3-9H,10-11H2,1-2H3,(H,21,26). The van der Waals surface area contributed by atoms with Gasteiger partial charge in [0, 0.05) is 23.4 Å². The van der Waals surface area contributed by atoms with E-state index in [0.717, 1.165) is 0 Å². The van der Waals surface area contributed by atoms with Crippen LogP contribution in [-0.4, -0.2) is 32.5 Å². The van der Waals surface area contributed by atoms with Gasteiger partial charge >= 0.3 is 0 Å². The Hall–Kier alpha value is -2.65. The van der Waals surface area contributed by atoms with Crippen LogP contribution in [-0.2, 0) is 15.3 Å². The van der Waals surface area contributed by atoms with E-state index in [2.05, 4.69) is 10.3 Å². The van der Waals surface area contributed by atoms with E-state index in [-0.39, 0.29) is 23.1 Å². The Labute approximate surface area is 169 Å². The third kappa shape index (κ3) is 3.20. The predicted octanol–water partition coefficient (Wildman–Crippen LogP) is 2.75. The quantitative estimate of drug-likeness (QED) is 0.710. The predicted molar refractivity (Wildman–Crippen MR) is 112 cm³/mol. The van der Waals surface area contributed by atoms with Gasteiger partial charge in [-0.1, -0.05) is 12.1 Å². The molecule has 0 saturated carbocycles. The van der Waals surface area contributed by atoms with Crippen LogP contribution in [0.3, 0.4) is 0 Å². The smallest absolute Gasteiger partial charge is 0.258 e. The zero-order valence-electron chi connectivity index (χ0n) is 15.3. The molecule has 4 rings (SSSR count). The van der Waals surface area contributed by atoms with Crippen molar-refractivity contribution in [3.8, 4) is 0 Å². The molecule has 3 aromatic rings. The number of nitrogens with zero attached hydrogens (tertiary/aromatic N) is 3. The molecule has 0 radical (unpaired) electrons. The van der Waals surface area contributed by atoms with E-state index < -0.39 is 5.54 Å². The first kappa shape index (κ1) is 18.7. The van der Waals surface area contributed by atoms with Gasteiger partial charge in [-0.3, -0.25) is 23.7 Å². The molecule has 144 valence electrons. The molecule has 9 heteroatoms. The molecule has 0 bridgehead atoms. The van der Waals surface area contributed by atoms with E-state index in [1.807, 2.05) is 23.6 Å². The summed E-state index contributed by atoms with van der Waals surface area (Å²) in [6, 6.07) is 8.76. The van der Waals surface area contributed by atoms with E-state index in [0.29, 0.717) is 27.8 Å². The number of benzene rings is 1. The third-order valence-corrected chi connectivity index (χ3v) is 6.30. The molecule has 2 aromatic heterocycles. The minimum absolute atomic E-state index is 0.129. The highest BCUT2D eigenvalue weighted by Crippen LogP contribution is 2.37. The maximum atomic E-state index is 13.0.